The highest BCUT2D eigenvalue weighted by Gasteiger charge is 2.45. The maximum absolute atomic E-state index is 13.0. The van der Waals surface area contributed by atoms with Crippen LogP contribution in [0.25, 0.3) is 5.76 Å². The monoisotopic (exact) mass is 543 g/mol. The smallest absolute Gasteiger partial charge is 0.295 e. The fourth-order valence-electron chi connectivity index (χ4n) is 3.71. The SMILES string of the molecule is O=C1C(=O)N(CCCn2ccnc2)[C@H](c2ccc(Br)cc2)C1=C(O)c1ccc(Br)cc1. The van der Waals surface area contributed by atoms with Crippen LogP contribution < -0.4 is 0 Å². The van der Waals surface area contributed by atoms with Gasteiger partial charge in [-0.05, 0) is 36.2 Å². The summed E-state index contributed by atoms with van der Waals surface area (Å²) in [5.74, 6) is -1.44. The van der Waals surface area contributed by atoms with Crippen LogP contribution in [0.1, 0.15) is 23.6 Å². The molecule has 1 fully saturated rings. The lowest BCUT2D eigenvalue weighted by atomic mass is 9.95. The highest BCUT2D eigenvalue weighted by molar-refractivity contribution is 9.10. The van der Waals surface area contributed by atoms with Gasteiger partial charge in [0.25, 0.3) is 11.7 Å². The van der Waals surface area contributed by atoms with Gasteiger partial charge >= 0.3 is 0 Å². The van der Waals surface area contributed by atoms with Crippen LogP contribution in [-0.4, -0.2) is 37.8 Å². The van der Waals surface area contributed by atoms with Gasteiger partial charge in [0, 0.05) is 40.0 Å². The summed E-state index contributed by atoms with van der Waals surface area (Å²) in [5, 5.41) is 11.0. The van der Waals surface area contributed by atoms with Crippen LogP contribution in [0.4, 0.5) is 0 Å². The number of hydrogen-bond acceptors (Lipinski definition) is 4. The number of halogens is 2. The van der Waals surface area contributed by atoms with Gasteiger partial charge in [0.05, 0.1) is 17.9 Å². The van der Waals surface area contributed by atoms with Gasteiger partial charge in [0.2, 0.25) is 0 Å². The number of imidazole rings is 1. The number of Topliss-reactive ketones (excluding diaryl/α,β-unsaturated/α-hetero) is 1. The minimum Gasteiger partial charge on any atom is -0.507 e. The third-order valence-corrected chi connectivity index (χ3v) is 6.28. The Hall–Kier alpha value is -2.71. The number of rotatable bonds is 6. The first kappa shape index (κ1) is 21.5. The first-order valence-corrected chi connectivity index (χ1v) is 11.3. The zero-order chi connectivity index (χ0) is 22.0. The van der Waals surface area contributed by atoms with Gasteiger partial charge < -0.3 is 14.6 Å². The molecule has 0 saturated carbocycles. The van der Waals surface area contributed by atoms with E-state index in [1.165, 1.54) is 0 Å². The largest absolute Gasteiger partial charge is 0.507 e. The number of nitrogens with zero attached hydrogens (tertiary/aromatic N) is 3. The van der Waals surface area contributed by atoms with E-state index in [2.05, 4.69) is 36.8 Å². The van der Waals surface area contributed by atoms with Crippen LogP contribution in [0.2, 0.25) is 0 Å². The van der Waals surface area contributed by atoms with Crippen LogP contribution in [0.5, 0.6) is 0 Å². The number of ketones is 1. The van der Waals surface area contributed by atoms with Crippen molar-refractivity contribution in [1.82, 2.24) is 14.5 Å². The Morgan fingerprint density at radius 2 is 1.61 bits per heavy atom. The molecule has 1 aromatic heterocycles. The van der Waals surface area contributed by atoms with E-state index in [4.69, 9.17) is 0 Å². The van der Waals surface area contributed by atoms with E-state index in [0.29, 0.717) is 25.1 Å². The Labute approximate surface area is 196 Å². The summed E-state index contributed by atoms with van der Waals surface area (Å²) in [6.07, 6.45) is 5.92. The molecule has 0 spiro atoms. The van der Waals surface area contributed by atoms with E-state index in [1.807, 2.05) is 35.0 Å². The van der Waals surface area contributed by atoms with Crippen molar-refractivity contribution in [2.75, 3.05) is 6.54 Å². The highest BCUT2D eigenvalue weighted by atomic mass is 79.9. The molecule has 6 nitrogen and oxygen atoms in total. The van der Waals surface area contributed by atoms with E-state index in [1.54, 1.807) is 41.7 Å². The number of aromatic nitrogens is 2. The molecule has 1 aliphatic rings. The van der Waals surface area contributed by atoms with Crippen LogP contribution in [0.3, 0.4) is 0 Å². The molecule has 1 N–H and O–H groups in total. The van der Waals surface area contributed by atoms with E-state index < -0.39 is 17.7 Å². The Bertz CT molecular complexity index is 1120. The molecule has 1 atom stereocenters. The van der Waals surface area contributed by atoms with Crippen LogP contribution in [0.15, 0.2) is 81.8 Å². The summed E-state index contributed by atoms with van der Waals surface area (Å²) in [7, 11) is 0. The van der Waals surface area contributed by atoms with E-state index >= 15 is 0 Å². The van der Waals surface area contributed by atoms with Crippen molar-refractivity contribution >= 4 is 49.3 Å². The number of aliphatic hydroxyl groups excluding tert-OH is 1. The maximum Gasteiger partial charge on any atom is 0.295 e. The molecule has 1 saturated heterocycles. The average Bonchev–Trinajstić information content (AvgIpc) is 3.37. The zero-order valence-electron chi connectivity index (χ0n) is 16.4. The summed E-state index contributed by atoms with van der Waals surface area (Å²) in [4.78, 5) is 31.5. The van der Waals surface area contributed by atoms with Crippen molar-refractivity contribution in [3.63, 3.8) is 0 Å². The molecule has 0 unspecified atom stereocenters. The molecular formula is C23H19Br2N3O3. The van der Waals surface area contributed by atoms with Crippen molar-refractivity contribution in [2.45, 2.75) is 19.0 Å². The Morgan fingerprint density at radius 3 is 2.23 bits per heavy atom. The molecule has 2 heterocycles. The highest BCUT2D eigenvalue weighted by Crippen LogP contribution is 2.39. The van der Waals surface area contributed by atoms with Gasteiger partial charge in [-0.25, -0.2) is 4.98 Å². The summed E-state index contributed by atoms with van der Waals surface area (Å²) in [6.45, 7) is 1.05. The van der Waals surface area contributed by atoms with Crippen molar-refractivity contribution < 1.29 is 14.7 Å². The number of amides is 1. The van der Waals surface area contributed by atoms with Crippen molar-refractivity contribution in [3.8, 4) is 0 Å². The molecule has 8 heteroatoms. The number of carbonyl (C=O) groups excluding carboxylic acids is 2. The van der Waals surface area contributed by atoms with Gasteiger partial charge in [0.15, 0.2) is 0 Å². The van der Waals surface area contributed by atoms with Crippen LogP contribution in [-0.2, 0) is 16.1 Å². The average molecular weight is 545 g/mol. The normalized spacial score (nSPS) is 18.0. The third-order valence-electron chi connectivity index (χ3n) is 5.22. The number of likely N-dealkylation sites (tertiary alicyclic amines) is 1. The number of carbonyl (C=O) groups is 2. The molecule has 1 aliphatic heterocycles. The van der Waals surface area contributed by atoms with Gasteiger partial charge in [0.1, 0.15) is 5.76 Å². The van der Waals surface area contributed by atoms with Gasteiger partial charge in [-0.3, -0.25) is 9.59 Å². The Kier molecular flexibility index (Phi) is 6.38. The molecule has 0 bridgehead atoms. The first-order chi connectivity index (χ1) is 15.0. The lowest BCUT2D eigenvalue weighted by Gasteiger charge is -2.25. The predicted molar refractivity (Wildman–Crippen MR) is 124 cm³/mol. The lowest BCUT2D eigenvalue weighted by molar-refractivity contribution is -0.139. The summed E-state index contributed by atoms with van der Waals surface area (Å²) >= 11 is 6.79. The first-order valence-electron chi connectivity index (χ1n) is 9.71. The molecule has 4 rings (SSSR count). The van der Waals surface area contributed by atoms with Gasteiger partial charge in [-0.15, -0.1) is 0 Å². The molecule has 3 aromatic rings. The minimum absolute atomic E-state index is 0.109. The lowest BCUT2D eigenvalue weighted by Crippen LogP contribution is -2.31. The van der Waals surface area contributed by atoms with E-state index in [-0.39, 0.29) is 11.3 Å². The second-order valence-electron chi connectivity index (χ2n) is 7.20. The molecule has 31 heavy (non-hydrogen) atoms. The molecule has 2 aromatic carbocycles. The number of hydrogen-bond donors (Lipinski definition) is 1. The topological polar surface area (TPSA) is 75.4 Å². The standard InChI is InChI=1S/C23H19Br2N3O3/c24-17-6-2-15(3-7-17)20-19(21(29)16-4-8-18(25)9-5-16)22(30)23(31)28(20)12-1-11-27-13-10-26-14-27/h2-10,13-14,20,29H,1,11-12H2/t20-/m1/s1. The van der Waals surface area contributed by atoms with Crippen molar-refractivity contribution in [2.24, 2.45) is 0 Å². The number of aryl methyl sites for hydroxylation is 1. The molecule has 1 amide bonds. The number of benzene rings is 2. The molecule has 0 aliphatic carbocycles. The summed E-state index contributed by atoms with van der Waals surface area (Å²) in [5.41, 5.74) is 1.36. The van der Waals surface area contributed by atoms with Crippen molar-refractivity contribution in [1.29, 1.82) is 0 Å². The Balaban J connectivity index is 1.72. The summed E-state index contributed by atoms with van der Waals surface area (Å²) in [6, 6.07) is 13.8. The zero-order valence-corrected chi connectivity index (χ0v) is 19.6. The van der Waals surface area contributed by atoms with Gasteiger partial charge in [-0.2, -0.15) is 0 Å². The van der Waals surface area contributed by atoms with Crippen molar-refractivity contribution in [3.05, 3.63) is 92.9 Å². The van der Waals surface area contributed by atoms with E-state index in [9.17, 15) is 14.7 Å². The second kappa shape index (κ2) is 9.20. The maximum atomic E-state index is 13.0. The third kappa shape index (κ3) is 4.50. The molecule has 158 valence electrons. The minimum atomic E-state index is -0.670. The second-order valence-corrected chi connectivity index (χ2v) is 9.04. The van der Waals surface area contributed by atoms with Crippen LogP contribution >= 0.6 is 31.9 Å². The summed E-state index contributed by atoms with van der Waals surface area (Å²) < 4.78 is 3.67. The fourth-order valence-corrected chi connectivity index (χ4v) is 4.24. The fraction of sp³-hybridized carbons (Fsp3) is 0.174. The molecular weight excluding hydrogens is 526 g/mol. The number of aliphatic hydroxyl groups is 1. The predicted octanol–water partition coefficient (Wildman–Crippen LogP) is 4.92. The quantitative estimate of drug-likeness (QED) is 0.271. The van der Waals surface area contributed by atoms with Crippen LogP contribution in [0, 0.1) is 0 Å². The van der Waals surface area contributed by atoms with E-state index in [0.717, 1.165) is 14.5 Å². The van der Waals surface area contributed by atoms with Gasteiger partial charge in [-0.1, -0.05) is 56.1 Å². The Morgan fingerprint density at radius 1 is 0.968 bits per heavy atom. The molecule has 0 radical (unpaired) electrons.